The lowest BCUT2D eigenvalue weighted by molar-refractivity contribution is 0.0655. The molecular weight excluding hydrogens is 276 g/mol. The second kappa shape index (κ2) is 6.65. The maximum Gasteiger partial charge on any atom is 0.255 e. The van der Waals surface area contributed by atoms with Crippen molar-refractivity contribution in [2.75, 3.05) is 37.6 Å². The minimum atomic E-state index is 0.0975. The monoisotopic (exact) mass is 302 g/mol. The van der Waals surface area contributed by atoms with E-state index in [1.54, 1.807) is 6.20 Å². The standard InChI is InChI=1S/C17H26N4O/c1-13-5-8-20(9-6-13)16-4-3-15(12-19-16)17(22)21-10-7-18-11-14(21)2/h3-4,12-14,18H,5-11H2,1-2H3/t14-/m1/s1. The molecule has 2 aliphatic rings. The summed E-state index contributed by atoms with van der Waals surface area (Å²) in [5.74, 6) is 1.91. The molecule has 0 saturated carbocycles. The Hall–Kier alpha value is -1.62. The first-order chi connectivity index (χ1) is 10.6. The highest BCUT2D eigenvalue weighted by molar-refractivity contribution is 5.94. The summed E-state index contributed by atoms with van der Waals surface area (Å²) in [5, 5.41) is 3.31. The van der Waals surface area contributed by atoms with Gasteiger partial charge in [0.05, 0.1) is 5.56 Å². The van der Waals surface area contributed by atoms with Crippen LogP contribution in [0.1, 0.15) is 37.0 Å². The number of carbonyl (C=O) groups is 1. The lowest BCUT2D eigenvalue weighted by Crippen LogP contribution is -2.52. The average molecular weight is 302 g/mol. The molecule has 2 fully saturated rings. The third kappa shape index (κ3) is 3.24. The Morgan fingerprint density at radius 2 is 2.00 bits per heavy atom. The number of piperazine rings is 1. The van der Waals surface area contributed by atoms with Gasteiger partial charge in [0.25, 0.3) is 5.91 Å². The van der Waals surface area contributed by atoms with Crippen molar-refractivity contribution in [2.24, 2.45) is 5.92 Å². The number of piperidine rings is 1. The summed E-state index contributed by atoms with van der Waals surface area (Å²) in [7, 11) is 0. The minimum absolute atomic E-state index is 0.0975. The van der Waals surface area contributed by atoms with Crippen LogP contribution >= 0.6 is 0 Å². The summed E-state index contributed by atoms with van der Waals surface area (Å²) in [5.41, 5.74) is 0.697. The average Bonchev–Trinajstić information content (AvgIpc) is 2.56. The molecule has 1 atom stereocenters. The summed E-state index contributed by atoms with van der Waals surface area (Å²) in [4.78, 5) is 21.4. The first-order valence-corrected chi connectivity index (χ1v) is 8.38. The fraction of sp³-hybridized carbons (Fsp3) is 0.647. The van der Waals surface area contributed by atoms with Gasteiger partial charge in [-0.2, -0.15) is 0 Å². The van der Waals surface area contributed by atoms with E-state index in [1.165, 1.54) is 12.8 Å². The van der Waals surface area contributed by atoms with Gasteiger partial charge in [-0.3, -0.25) is 4.79 Å². The Labute approximate surface area is 132 Å². The maximum atomic E-state index is 12.6. The van der Waals surface area contributed by atoms with E-state index in [0.717, 1.165) is 44.5 Å². The van der Waals surface area contributed by atoms with Crippen LogP contribution in [0.15, 0.2) is 18.3 Å². The van der Waals surface area contributed by atoms with Gasteiger partial charge in [-0.15, -0.1) is 0 Å². The van der Waals surface area contributed by atoms with Crippen molar-refractivity contribution in [3.63, 3.8) is 0 Å². The normalized spacial score (nSPS) is 23.6. The van der Waals surface area contributed by atoms with Crippen molar-refractivity contribution in [3.05, 3.63) is 23.9 Å². The van der Waals surface area contributed by atoms with Crippen molar-refractivity contribution in [1.82, 2.24) is 15.2 Å². The van der Waals surface area contributed by atoms with E-state index >= 15 is 0 Å². The number of amides is 1. The van der Waals surface area contributed by atoms with Crippen LogP contribution in [-0.2, 0) is 0 Å². The highest BCUT2D eigenvalue weighted by atomic mass is 16.2. The topological polar surface area (TPSA) is 48.5 Å². The van der Waals surface area contributed by atoms with Crippen molar-refractivity contribution in [2.45, 2.75) is 32.7 Å². The number of pyridine rings is 1. The van der Waals surface area contributed by atoms with Gasteiger partial charge in [-0.25, -0.2) is 4.98 Å². The van der Waals surface area contributed by atoms with Crippen LogP contribution in [0.25, 0.3) is 0 Å². The quantitative estimate of drug-likeness (QED) is 0.904. The Morgan fingerprint density at radius 1 is 1.23 bits per heavy atom. The van der Waals surface area contributed by atoms with E-state index < -0.39 is 0 Å². The molecule has 2 aliphatic heterocycles. The van der Waals surface area contributed by atoms with Gasteiger partial charge in [0.1, 0.15) is 5.82 Å². The van der Waals surface area contributed by atoms with Gasteiger partial charge in [-0.1, -0.05) is 6.92 Å². The molecule has 0 aromatic carbocycles. The van der Waals surface area contributed by atoms with Gasteiger partial charge >= 0.3 is 0 Å². The highest BCUT2D eigenvalue weighted by Gasteiger charge is 2.24. The van der Waals surface area contributed by atoms with Crippen molar-refractivity contribution < 1.29 is 4.79 Å². The predicted octanol–water partition coefficient (Wildman–Crippen LogP) is 1.75. The van der Waals surface area contributed by atoms with E-state index in [4.69, 9.17) is 0 Å². The molecule has 1 amide bonds. The summed E-state index contributed by atoms with van der Waals surface area (Å²) >= 11 is 0. The van der Waals surface area contributed by atoms with Crippen LogP contribution in [0.5, 0.6) is 0 Å². The van der Waals surface area contributed by atoms with Crippen LogP contribution in [0, 0.1) is 5.92 Å². The van der Waals surface area contributed by atoms with E-state index in [2.05, 4.69) is 29.0 Å². The first-order valence-electron chi connectivity index (χ1n) is 8.38. The number of rotatable bonds is 2. The van der Waals surface area contributed by atoms with Gasteiger partial charge in [0, 0.05) is 45.0 Å². The Balaban J connectivity index is 1.67. The van der Waals surface area contributed by atoms with Crippen LogP contribution < -0.4 is 10.2 Å². The SMILES string of the molecule is CC1CCN(c2ccc(C(=O)N3CCNC[C@H]3C)cn2)CC1. The molecule has 0 bridgehead atoms. The molecular formula is C17H26N4O. The summed E-state index contributed by atoms with van der Waals surface area (Å²) in [6, 6.07) is 4.16. The van der Waals surface area contributed by atoms with E-state index in [0.29, 0.717) is 5.56 Å². The van der Waals surface area contributed by atoms with Crippen molar-refractivity contribution in [1.29, 1.82) is 0 Å². The maximum absolute atomic E-state index is 12.6. The third-order valence-electron chi connectivity index (χ3n) is 4.86. The molecule has 5 nitrogen and oxygen atoms in total. The summed E-state index contributed by atoms with van der Waals surface area (Å²) in [6.45, 7) is 9.02. The van der Waals surface area contributed by atoms with Crippen LogP contribution in [0.3, 0.4) is 0 Å². The fourth-order valence-electron chi connectivity index (χ4n) is 3.25. The molecule has 3 heterocycles. The Morgan fingerprint density at radius 3 is 2.64 bits per heavy atom. The molecule has 5 heteroatoms. The van der Waals surface area contributed by atoms with Gasteiger partial charge < -0.3 is 15.1 Å². The summed E-state index contributed by atoms with van der Waals surface area (Å²) in [6.07, 6.45) is 4.19. The van der Waals surface area contributed by atoms with Crippen LogP contribution in [0.4, 0.5) is 5.82 Å². The summed E-state index contributed by atoms with van der Waals surface area (Å²) < 4.78 is 0. The lowest BCUT2D eigenvalue weighted by Gasteiger charge is -2.34. The molecule has 0 unspecified atom stereocenters. The molecule has 1 N–H and O–H groups in total. The molecule has 22 heavy (non-hydrogen) atoms. The molecule has 1 aromatic rings. The predicted molar refractivity (Wildman–Crippen MR) is 88.2 cm³/mol. The molecule has 3 rings (SSSR count). The zero-order valence-corrected chi connectivity index (χ0v) is 13.6. The second-order valence-electron chi connectivity index (χ2n) is 6.63. The fourth-order valence-corrected chi connectivity index (χ4v) is 3.25. The minimum Gasteiger partial charge on any atom is -0.357 e. The van der Waals surface area contributed by atoms with Gasteiger partial charge in [0.2, 0.25) is 0 Å². The zero-order valence-electron chi connectivity index (χ0n) is 13.6. The van der Waals surface area contributed by atoms with E-state index in [-0.39, 0.29) is 11.9 Å². The smallest absolute Gasteiger partial charge is 0.255 e. The first kappa shape index (κ1) is 15.3. The lowest BCUT2D eigenvalue weighted by atomic mass is 9.99. The third-order valence-corrected chi connectivity index (χ3v) is 4.86. The van der Waals surface area contributed by atoms with Gasteiger partial charge in [0.15, 0.2) is 0 Å². The number of carbonyl (C=O) groups excluding carboxylic acids is 1. The molecule has 2 saturated heterocycles. The zero-order chi connectivity index (χ0) is 15.5. The number of anilines is 1. The largest absolute Gasteiger partial charge is 0.357 e. The van der Waals surface area contributed by atoms with Crippen LogP contribution in [-0.4, -0.2) is 54.6 Å². The second-order valence-corrected chi connectivity index (χ2v) is 6.63. The number of nitrogens with one attached hydrogen (secondary N) is 1. The Kier molecular flexibility index (Phi) is 4.62. The molecule has 0 radical (unpaired) electrons. The number of hydrogen-bond acceptors (Lipinski definition) is 4. The highest BCUT2D eigenvalue weighted by Crippen LogP contribution is 2.21. The van der Waals surface area contributed by atoms with Crippen molar-refractivity contribution in [3.8, 4) is 0 Å². The molecule has 0 spiro atoms. The van der Waals surface area contributed by atoms with Gasteiger partial charge in [-0.05, 0) is 37.8 Å². The van der Waals surface area contributed by atoms with Crippen LogP contribution in [0.2, 0.25) is 0 Å². The van der Waals surface area contributed by atoms with E-state index in [9.17, 15) is 4.79 Å². The number of nitrogens with zero attached hydrogens (tertiary/aromatic N) is 3. The number of hydrogen-bond donors (Lipinski definition) is 1. The van der Waals surface area contributed by atoms with Crippen molar-refractivity contribution >= 4 is 11.7 Å². The number of aromatic nitrogens is 1. The molecule has 0 aliphatic carbocycles. The molecule has 120 valence electrons. The Bertz CT molecular complexity index is 508. The van der Waals surface area contributed by atoms with E-state index in [1.807, 2.05) is 17.0 Å². The molecule has 1 aromatic heterocycles.